The normalized spacial score (nSPS) is 11.5. The van der Waals surface area contributed by atoms with Crippen molar-refractivity contribution in [1.82, 2.24) is 15.0 Å². The summed E-state index contributed by atoms with van der Waals surface area (Å²) >= 11 is 1.45. The molecule has 2 aromatic heterocycles. The molecule has 4 aromatic rings. The number of nitrogen functional groups attached to an aromatic ring is 1. The lowest BCUT2D eigenvalue weighted by molar-refractivity contribution is -0.142. The maximum atomic E-state index is 12.8. The number of methoxy groups -OCH3 is 1. The minimum atomic E-state index is -0.747. The van der Waals surface area contributed by atoms with Gasteiger partial charge in [0.15, 0.2) is 11.2 Å². The molecule has 4 rings (SSSR count). The summed E-state index contributed by atoms with van der Waals surface area (Å²) in [4.78, 5) is 30.8. The van der Waals surface area contributed by atoms with Crippen molar-refractivity contribution >= 4 is 29.3 Å². The third-order valence-corrected chi connectivity index (χ3v) is 6.02. The van der Waals surface area contributed by atoms with Crippen molar-refractivity contribution in [3.05, 3.63) is 114 Å². The van der Waals surface area contributed by atoms with Crippen molar-refractivity contribution in [3.8, 4) is 0 Å². The van der Waals surface area contributed by atoms with Crippen molar-refractivity contribution in [2.24, 2.45) is 4.99 Å². The molecule has 2 N–H and O–H groups in total. The van der Waals surface area contributed by atoms with Gasteiger partial charge in [0.1, 0.15) is 5.82 Å². The van der Waals surface area contributed by atoms with Gasteiger partial charge in [-0.2, -0.15) is 0 Å². The zero-order valence-electron chi connectivity index (χ0n) is 19.2. The van der Waals surface area contributed by atoms with Crippen LogP contribution in [0.5, 0.6) is 0 Å². The van der Waals surface area contributed by atoms with Crippen LogP contribution < -0.4 is 5.73 Å². The number of thioether (sulfide) groups is 1. The third kappa shape index (κ3) is 6.74. The molecular formula is C27H25N5O2S. The van der Waals surface area contributed by atoms with E-state index < -0.39 is 12.0 Å². The first-order valence-corrected chi connectivity index (χ1v) is 12.0. The average Bonchev–Trinajstić information content (AvgIpc) is 2.90. The van der Waals surface area contributed by atoms with E-state index in [0.717, 1.165) is 28.2 Å². The SMILES string of the molecule is COC(=O)C(Cc1cccc(CSc2nccc(N)n2)n1)N=C(c1ccccc1)c1ccccc1. The number of rotatable bonds is 9. The Bertz CT molecular complexity index is 1260. The Balaban J connectivity index is 1.60. The molecule has 0 aliphatic carbocycles. The van der Waals surface area contributed by atoms with Crippen LogP contribution in [0.1, 0.15) is 22.5 Å². The highest BCUT2D eigenvalue weighted by Gasteiger charge is 2.22. The Morgan fingerprint density at radius 3 is 2.20 bits per heavy atom. The van der Waals surface area contributed by atoms with Crippen molar-refractivity contribution in [2.75, 3.05) is 12.8 Å². The van der Waals surface area contributed by atoms with E-state index in [1.807, 2.05) is 78.9 Å². The molecule has 0 radical (unpaired) electrons. The fourth-order valence-electron chi connectivity index (χ4n) is 3.46. The summed E-state index contributed by atoms with van der Waals surface area (Å²) in [7, 11) is 1.38. The molecule has 8 heteroatoms. The van der Waals surface area contributed by atoms with Crippen LogP contribution in [0, 0.1) is 0 Å². The van der Waals surface area contributed by atoms with Gasteiger partial charge < -0.3 is 10.5 Å². The number of carbonyl (C=O) groups is 1. The van der Waals surface area contributed by atoms with Crippen LogP contribution in [0.4, 0.5) is 5.82 Å². The molecule has 0 aliphatic rings. The van der Waals surface area contributed by atoms with Crippen molar-refractivity contribution < 1.29 is 9.53 Å². The first kappa shape index (κ1) is 24.1. The summed E-state index contributed by atoms with van der Waals surface area (Å²) in [6, 6.07) is 26.3. The molecule has 0 bridgehead atoms. The van der Waals surface area contributed by atoms with Crippen molar-refractivity contribution in [3.63, 3.8) is 0 Å². The van der Waals surface area contributed by atoms with Gasteiger partial charge in [-0.3, -0.25) is 9.98 Å². The first-order chi connectivity index (χ1) is 17.1. The highest BCUT2D eigenvalue weighted by Crippen LogP contribution is 2.20. The summed E-state index contributed by atoms with van der Waals surface area (Å²) in [5.74, 6) is 0.586. The molecular weight excluding hydrogens is 458 g/mol. The second-order valence-corrected chi connectivity index (χ2v) is 8.57. The Morgan fingerprint density at radius 2 is 1.57 bits per heavy atom. The van der Waals surface area contributed by atoms with Gasteiger partial charge in [-0.1, -0.05) is 78.5 Å². The monoisotopic (exact) mass is 483 g/mol. The predicted molar refractivity (Wildman–Crippen MR) is 138 cm³/mol. The van der Waals surface area contributed by atoms with Crippen LogP contribution in [0.25, 0.3) is 0 Å². The average molecular weight is 484 g/mol. The Hall–Kier alpha value is -4.04. The number of aromatic nitrogens is 3. The number of nitrogens with two attached hydrogens (primary N) is 1. The number of carbonyl (C=O) groups excluding carboxylic acids is 1. The highest BCUT2D eigenvalue weighted by molar-refractivity contribution is 7.98. The van der Waals surface area contributed by atoms with Crippen LogP contribution in [0.15, 0.2) is 101 Å². The molecule has 1 atom stereocenters. The predicted octanol–water partition coefficient (Wildman–Crippen LogP) is 4.37. The number of anilines is 1. The molecule has 176 valence electrons. The highest BCUT2D eigenvalue weighted by atomic mass is 32.2. The van der Waals surface area contributed by atoms with E-state index >= 15 is 0 Å². The first-order valence-electron chi connectivity index (χ1n) is 11.0. The molecule has 0 saturated heterocycles. The van der Waals surface area contributed by atoms with Crippen LogP contribution >= 0.6 is 11.8 Å². The number of aliphatic imine (C=N–C) groups is 1. The van der Waals surface area contributed by atoms with E-state index in [4.69, 9.17) is 20.4 Å². The lowest BCUT2D eigenvalue weighted by atomic mass is 10.0. The van der Waals surface area contributed by atoms with Gasteiger partial charge in [0.05, 0.1) is 18.5 Å². The van der Waals surface area contributed by atoms with E-state index in [1.165, 1.54) is 18.9 Å². The Labute approximate surface area is 208 Å². The summed E-state index contributed by atoms with van der Waals surface area (Å²) in [6.07, 6.45) is 1.94. The molecule has 0 amide bonds. The van der Waals surface area contributed by atoms with Gasteiger partial charge in [0.2, 0.25) is 0 Å². The smallest absolute Gasteiger partial charge is 0.331 e. The van der Waals surface area contributed by atoms with Gasteiger partial charge in [-0.25, -0.2) is 14.8 Å². The molecule has 0 aliphatic heterocycles. The lowest BCUT2D eigenvalue weighted by Gasteiger charge is -2.15. The van der Waals surface area contributed by atoms with Crippen LogP contribution in [-0.2, 0) is 21.7 Å². The number of pyridine rings is 1. The van der Waals surface area contributed by atoms with Crippen LogP contribution in [-0.4, -0.2) is 39.8 Å². The zero-order valence-corrected chi connectivity index (χ0v) is 20.1. The fraction of sp³-hybridized carbons (Fsp3) is 0.148. The Morgan fingerprint density at radius 1 is 0.914 bits per heavy atom. The molecule has 2 heterocycles. The van der Waals surface area contributed by atoms with Crippen molar-refractivity contribution in [1.29, 1.82) is 0 Å². The topological polar surface area (TPSA) is 103 Å². The Kier molecular flexibility index (Phi) is 8.19. The summed E-state index contributed by atoms with van der Waals surface area (Å²) in [5.41, 5.74) is 9.90. The molecule has 0 spiro atoms. The van der Waals surface area contributed by atoms with E-state index in [0.29, 0.717) is 23.1 Å². The van der Waals surface area contributed by atoms with Crippen LogP contribution in [0.2, 0.25) is 0 Å². The molecule has 0 fully saturated rings. The maximum Gasteiger partial charge on any atom is 0.331 e. The van der Waals surface area contributed by atoms with Crippen molar-refractivity contribution in [2.45, 2.75) is 23.4 Å². The second-order valence-electron chi connectivity index (χ2n) is 7.63. The fourth-order valence-corrected chi connectivity index (χ4v) is 4.21. The quantitative estimate of drug-likeness (QED) is 0.163. The molecule has 2 aromatic carbocycles. The van der Waals surface area contributed by atoms with Gasteiger partial charge in [0, 0.05) is 35.2 Å². The van der Waals surface area contributed by atoms with E-state index in [1.54, 1.807) is 12.3 Å². The largest absolute Gasteiger partial charge is 0.467 e. The maximum absolute atomic E-state index is 12.8. The number of ether oxygens (including phenoxy) is 1. The van der Waals surface area contributed by atoms with Gasteiger partial charge >= 0.3 is 5.97 Å². The number of nitrogens with zero attached hydrogens (tertiary/aromatic N) is 4. The van der Waals surface area contributed by atoms with Crippen LogP contribution in [0.3, 0.4) is 0 Å². The van der Waals surface area contributed by atoms with Gasteiger partial charge in [-0.15, -0.1) is 0 Å². The summed E-state index contributed by atoms with van der Waals surface area (Å²) in [5, 5.41) is 0.588. The molecule has 35 heavy (non-hydrogen) atoms. The number of benzene rings is 2. The molecule has 1 unspecified atom stereocenters. The zero-order chi connectivity index (χ0) is 24.5. The minimum absolute atomic E-state index is 0.309. The van der Waals surface area contributed by atoms with E-state index in [-0.39, 0.29) is 0 Å². The second kappa shape index (κ2) is 11.9. The molecule has 7 nitrogen and oxygen atoms in total. The number of hydrogen-bond acceptors (Lipinski definition) is 8. The van der Waals surface area contributed by atoms with E-state index in [2.05, 4.69) is 9.97 Å². The number of esters is 1. The standard InChI is InChI=1S/C27H25N5O2S/c1-34-26(33)23(31-25(19-9-4-2-5-10-19)20-11-6-3-7-12-20)17-21-13-8-14-22(30-21)18-35-27-29-16-15-24(28)32-27/h2-16,23H,17-18H2,1H3,(H2,28,29,32). The van der Waals surface area contributed by atoms with E-state index in [9.17, 15) is 4.79 Å². The summed E-state index contributed by atoms with van der Waals surface area (Å²) in [6.45, 7) is 0. The summed E-state index contributed by atoms with van der Waals surface area (Å²) < 4.78 is 5.10. The van der Waals surface area contributed by atoms with Gasteiger partial charge in [-0.05, 0) is 18.2 Å². The van der Waals surface area contributed by atoms with Gasteiger partial charge in [0.25, 0.3) is 0 Å². The lowest BCUT2D eigenvalue weighted by Crippen LogP contribution is -2.25. The third-order valence-electron chi connectivity index (χ3n) is 5.12. The number of hydrogen-bond donors (Lipinski definition) is 1. The minimum Gasteiger partial charge on any atom is -0.467 e. The molecule has 0 saturated carbocycles.